The van der Waals surface area contributed by atoms with Gasteiger partial charge in [-0.25, -0.2) is 4.39 Å². The maximum atomic E-state index is 13.8. The number of carbonyl (C=O) groups is 1. The van der Waals surface area contributed by atoms with Gasteiger partial charge in [0.15, 0.2) is 0 Å². The Morgan fingerprint density at radius 2 is 2.12 bits per heavy atom. The van der Waals surface area contributed by atoms with Gasteiger partial charge in [-0.2, -0.15) is 0 Å². The van der Waals surface area contributed by atoms with Crippen molar-refractivity contribution in [3.63, 3.8) is 0 Å². The Balaban J connectivity index is 2.06. The summed E-state index contributed by atoms with van der Waals surface area (Å²) >= 11 is 5.97. The van der Waals surface area contributed by atoms with Gasteiger partial charge in [-0.15, -0.1) is 6.58 Å². The van der Waals surface area contributed by atoms with Crippen LogP contribution in [0.3, 0.4) is 0 Å². The summed E-state index contributed by atoms with van der Waals surface area (Å²) in [4.78, 5) is 14.2. The summed E-state index contributed by atoms with van der Waals surface area (Å²) < 4.78 is 19.0. The molecule has 0 aliphatic carbocycles. The number of hydrogen-bond acceptors (Lipinski definition) is 3. The van der Waals surface area contributed by atoms with Gasteiger partial charge in [-0.05, 0) is 24.3 Å². The van der Waals surface area contributed by atoms with Crippen LogP contribution in [-0.2, 0) is 11.3 Å². The molecule has 0 atom stereocenters. The zero-order chi connectivity index (χ0) is 18.2. The van der Waals surface area contributed by atoms with Crippen LogP contribution in [0.1, 0.15) is 5.56 Å². The van der Waals surface area contributed by atoms with E-state index in [1.54, 1.807) is 47.4 Å². The minimum Gasteiger partial charge on any atom is -0.495 e. The molecule has 0 saturated carbocycles. The molecular formula is C19H20ClFN2O2. The third kappa shape index (κ3) is 5.59. The van der Waals surface area contributed by atoms with Crippen molar-refractivity contribution >= 4 is 23.2 Å². The lowest BCUT2D eigenvalue weighted by atomic mass is 10.2. The van der Waals surface area contributed by atoms with Gasteiger partial charge in [0, 0.05) is 23.7 Å². The molecule has 0 radical (unpaired) electrons. The standard InChI is InChI=1S/C19H20ClFN2O2/c1-3-10-23(12-14-6-4-5-7-16(14)21)13-19(24)22-17-11-15(20)8-9-18(17)25-2/h3-9,11H,1,10,12-13H2,2H3,(H,22,24). The molecule has 0 aromatic heterocycles. The topological polar surface area (TPSA) is 41.6 Å². The summed E-state index contributed by atoms with van der Waals surface area (Å²) in [5.41, 5.74) is 1.02. The van der Waals surface area contributed by atoms with E-state index in [1.807, 2.05) is 0 Å². The highest BCUT2D eigenvalue weighted by atomic mass is 35.5. The Morgan fingerprint density at radius 1 is 1.36 bits per heavy atom. The van der Waals surface area contributed by atoms with Crippen molar-refractivity contribution in [3.05, 3.63) is 71.5 Å². The fraction of sp³-hybridized carbons (Fsp3) is 0.211. The van der Waals surface area contributed by atoms with Gasteiger partial charge < -0.3 is 10.1 Å². The predicted octanol–water partition coefficient (Wildman–Crippen LogP) is 4.11. The maximum Gasteiger partial charge on any atom is 0.238 e. The van der Waals surface area contributed by atoms with Crippen LogP contribution >= 0.6 is 11.6 Å². The van der Waals surface area contributed by atoms with Gasteiger partial charge in [0.1, 0.15) is 11.6 Å². The van der Waals surface area contributed by atoms with Crippen molar-refractivity contribution in [1.82, 2.24) is 4.90 Å². The highest BCUT2D eigenvalue weighted by molar-refractivity contribution is 6.31. The molecule has 6 heteroatoms. The molecular weight excluding hydrogens is 343 g/mol. The van der Waals surface area contributed by atoms with Crippen LogP contribution in [0.2, 0.25) is 5.02 Å². The lowest BCUT2D eigenvalue weighted by Crippen LogP contribution is -2.33. The summed E-state index contributed by atoms with van der Waals surface area (Å²) in [5, 5.41) is 3.26. The maximum absolute atomic E-state index is 13.8. The fourth-order valence-electron chi connectivity index (χ4n) is 2.41. The molecule has 132 valence electrons. The van der Waals surface area contributed by atoms with Crippen LogP contribution in [0.4, 0.5) is 10.1 Å². The number of carbonyl (C=O) groups excluding carboxylic acids is 1. The van der Waals surface area contributed by atoms with E-state index in [2.05, 4.69) is 11.9 Å². The lowest BCUT2D eigenvalue weighted by Gasteiger charge is -2.21. The smallest absolute Gasteiger partial charge is 0.238 e. The molecule has 1 amide bonds. The average molecular weight is 363 g/mol. The summed E-state index contributed by atoms with van der Waals surface area (Å²) in [5.74, 6) is -0.0330. The van der Waals surface area contributed by atoms with E-state index in [1.165, 1.54) is 13.2 Å². The number of benzene rings is 2. The molecule has 0 fully saturated rings. The van der Waals surface area contributed by atoms with E-state index in [0.717, 1.165) is 0 Å². The average Bonchev–Trinajstić information content (AvgIpc) is 2.57. The first kappa shape index (κ1) is 19.0. The van der Waals surface area contributed by atoms with Gasteiger partial charge >= 0.3 is 0 Å². The second kappa shape index (κ2) is 9.20. The monoisotopic (exact) mass is 362 g/mol. The number of ether oxygens (including phenoxy) is 1. The summed E-state index contributed by atoms with van der Waals surface area (Å²) in [6, 6.07) is 11.5. The molecule has 2 aromatic rings. The first-order valence-electron chi connectivity index (χ1n) is 7.73. The van der Waals surface area contributed by atoms with E-state index in [-0.39, 0.29) is 18.3 Å². The SMILES string of the molecule is C=CCN(CC(=O)Nc1cc(Cl)ccc1OC)Cc1ccccc1F. The third-order valence-corrected chi connectivity index (χ3v) is 3.78. The fourth-order valence-corrected chi connectivity index (χ4v) is 2.58. The van der Waals surface area contributed by atoms with Crippen LogP contribution in [0.15, 0.2) is 55.1 Å². The van der Waals surface area contributed by atoms with Crippen molar-refractivity contribution in [3.8, 4) is 5.75 Å². The van der Waals surface area contributed by atoms with E-state index in [4.69, 9.17) is 16.3 Å². The van der Waals surface area contributed by atoms with Gasteiger partial charge in [-0.3, -0.25) is 9.69 Å². The minimum atomic E-state index is -0.298. The van der Waals surface area contributed by atoms with Crippen molar-refractivity contribution in [2.24, 2.45) is 0 Å². The van der Waals surface area contributed by atoms with Crippen molar-refractivity contribution < 1.29 is 13.9 Å². The molecule has 1 N–H and O–H groups in total. The summed E-state index contributed by atoms with van der Waals surface area (Å²) in [6.45, 7) is 4.53. The molecule has 0 aliphatic rings. The number of anilines is 1. The van der Waals surface area contributed by atoms with Crippen LogP contribution in [0.25, 0.3) is 0 Å². The van der Waals surface area contributed by atoms with Crippen LogP contribution in [0, 0.1) is 5.82 Å². The van der Waals surface area contributed by atoms with Crippen molar-refractivity contribution in [2.45, 2.75) is 6.54 Å². The number of rotatable bonds is 8. The Morgan fingerprint density at radius 3 is 2.80 bits per heavy atom. The van der Waals surface area contributed by atoms with E-state index in [0.29, 0.717) is 35.1 Å². The zero-order valence-corrected chi connectivity index (χ0v) is 14.7. The van der Waals surface area contributed by atoms with E-state index < -0.39 is 0 Å². The molecule has 0 aliphatic heterocycles. The van der Waals surface area contributed by atoms with Crippen LogP contribution in [-0.4, -0.2) is 31.0 Å². The lowest BCUT2D eigenvalue weighted by molar-refractivity contribution is -0.117. The Labute approximate surface area is 151 Å². The first-order chi connectivity index (χ1) is 12.0. The van der Waals surface area contributed by atoms with Crippen molar-refractivity contribution in [1.29, 1.82) is 0 Å². The van der Waals surface area contributed by atoms with Crippen LogP contribution in [0.5, 0.6) is 5.75 Å². The normalized spacial score (nSPS) is 10.6. The van der Waals surface area contributed by atoms with Gasteiger partial charge in [0.25, 0.3) is 0 Å². The van der Waals surface area contributed by atoms with Gasteiger partial charge in [-0.1, -0.05) is 35.9 Å². The molecule has 25 heavy (non-hydrogen) atoms. The quantitative estimate of drug-likeness (QED) is 0.718. The van der Waals surface area contributed by atoms with Gasteiger partial charge in [0.2, 0.25) is 5.91 Å². The molecule has 0 spiro atoms. The second-order valence-electron chi connectivity index (χ2n) is 5.44. The van der Waals surface area contributed by atoms with E-state index in [9.17, 15) is 9.18 Å². The molecule has 0 saturated heterocycles. The number of nitrogens with one attached hydrogen (secondary N) is 1. The third-order valence-electron chi connectivity index (χ3n) is 3.54. The minimum absolute atomic E-state index is 0.0794. The molecule has 2 aromatic carbocycles. The Kier molecular flexibility index (Phi) is 6.98. The zero-order valence-electron chi connectivity index (χ0n) is 14.0. The number of nitrogens with zero attached hydrogens (tertiary/aromatic N) is 1. The largest absolute Gasteiger partial charge is 0.495 e. The molecule has 4 nitrogen and oxygen atoms in total. The van der Waals surface area contributed by atoms with E-state index >= 15 is 0 Å². The van der Waals surface area contributed by atoms with Crippen LogP contribution < -0.4 is 10.1 Å². The molecule has 0 heterocycles. The Bertz CT molecular complexity index is 752. The van der Waals surface area contributed by atoms with Crippen molar-refractivity contribution in [2.75, 3.05) is 25.5 Å². The molecule has 0 bridgehead atoms. The molecule has 0 unspecified atom stereocenters. The molecule has 2 rings (SSSR count). The number of hydrogen-bond donors (Lipinski definition) is 1. The second-order valence-corrected chi connectivity index (χ2v) is 5.88. The summed E-state index contributed by atoms with van der Waals surface area (Å²) in [6.07, 6.45) is 1.67. The predicted molar refractivity (Wildman–Crippen MR) is 98.5 cm³/mol. The number of methoxy groups -OCH3 is 1. The highest BCUT2D eigenvalue weighted by Crippen LogP contribution is 2.27. The summed E-state index contributed by atoms with van der Waals surface area (Å²) in [7, 11) is 1.51. The Hall–Kier alpha value is -2.37. The number of amides is 1. The first-order valence-corrected chi connectivity index (χ1v) is 8.11. The van der Waals surface area contributed by atoms with Gasteiger partial charge in [0.05, 0.1) is 19.3 Å². The highest BCUT2D eigenvalue weighted by Gasteiger charge is 2.14. The number of halogens is 2.